The Morgan fingerprint density at radius 2 is 1.94 bits per heavy atom. The van der Waals surface area contributed by atoms with Crippen molar-refractivity contribution in [2.45, 2.75) is 26.2 Å². The van der Waals surface area contributed by atoms with E-state index in [9.17, 15) is 4.79 Å². The molecule has 2 aromatic heterocycles. The normalized spacial score (nSPS) is 15.5. The summed E-state index contributed by atoms with van der Waals surface area (Å²) in [5.41, 5.74) is 5.54. The van der Waals surface area contributed by atoms with E-state index in [2.05, 4.69) is 37.7 Å². The highest BCUT2D eigenvalue weighted by molar-refractivity contribution is 6.30. The van der Waals surface area contributed by atoms with Crippen molar-refractivity contribution < 1.29 is 4.79 Å². The van der Waals surface area contributed by atoms with E-state index in [0.29, 0.717) is 28.9 Å². The molecular formula is C23H19ClN6O. The van der Waals surface area contributed by atoms with Gasteiger partial charge in [-0.2, -0.15) is 14.9 Å². The van der Waals surface area contributed by atoms with Crippen LogP contribution in [0.5, 0.6) is 0 Å². The molecule has 7 nitrogen and oxygen atoms in total. The number of aromatic nitrogens is 5. The van der Waals surface area contributed by atoms with Crippen molar-refractivity contribution in [3.05, 3.63) is 82.1 Å². The Balaban J connectivity index is 1.61. The van der Waals surface area contributed by atoms with Crippen molar-refractivity contribution in [1.82, 2.24) is 25.0 Å². The summed E-state index contributed by atoms with van der Waals surface area (Å²) in [6.45, 7) is 3.98. The number of rotatable bonds is 3. The summed E-state index contributed by atoms with van der Waals surface area (Å²) in [5, 5.41) is 16.6. The summed E-state index contributed by atoms with van der Waals surface area (Å²) in [6.07, 6.45) is 1.95. The van der Waals surface area contributed by atoms with Gasteiger partial charge in [0.1, 0.15) is 5.82 Å². The second-order valence-electron chi connectivity index (χ2n) is 7.63. The molecular weight excluding hydrogens is 412 g/mol. The highest BCUT2D eigenvalue weighted by Crippen LogP contribution is 2.40. The van der Waals surface area contributed by atoms with E-state index in [1.54, 1.807) is 23.0 Å². The molecule has 4 aromatic rings. The highest BCUT2D eigenvalue weighted by atomic mass is 35.5. The number of hydrogen-bond donors (Lipinski definition) is 1. The maximum atomic E-state index is 12.6. The Kier molecular flexibility index (Phi) is 4.75. The second kappa shape index (κ2) is 7.59. The van der Waals surface area contributed by atoms with Crippen molar-refractivity contribution in [1.29, 1.82) is 0 Å². The number of halogens is 1. The lowest BCUT2D eigenvalue weighted by Gasteiger charge is -2.24. The molecule has 2 aromatic carbocycles. The topological polar surface area (TPSA) is 85.6 Å². The number of hydrogen-bond acceptors (Lipinski definition) is 5. The van der Waals surface area contributed by atoms with E-state index in [0.717, 1.165) is 27.9 Å². The lowest BCUT2D eigenvalue weighted by Crippen LogP contribution is -2.25. The van der Waals surface area contributed by atoms with Gasteiger partial charge in [0.25, 0.3) is 5.95 Å². The molecule has 0 aliphatic carbocycles. The average molecular weight is 431 g/mol. The van der Waals surface area contributed by atoms with Gasteiger partial charge in [-0.15, -0.1) is 5.10 Å². The number of carbonyl (C=O) groups excluding carboxylic acids is 1. The van der Waals surface area contributed by atoms with Crippen molar-refractivity contribution in [2.75, 3.05) is 5.32 Å². The van der Waals surface area contributed by atoms with Gasteiger partial charge in [-0.1, -0.05) is 53.6 Å². The van der Waals surface area contributed by atoms with Crippen molar-refractivity contribution in [3.8, 4) is 17.2 Å². The van der Waals surface area contributed by atoms with E-state index in [4.69, 9.17) is 11.6 Å². The molecule has 154 valence electrons. The molecule has 1 amide bonds. The summed E-state index contributed by atoms with van der Waals surface area (Å²) >= 11 is 5.99. The Hall–Kier alpha value is -3.58. The van der Waals surface area contributed by atoms with E-state index < -0.39 is 0 Å². The van der Waals surface area contributed by atoms with Gasteiger partial charge in [-0.25, -0.2) is 4.98 Å². The van der Waals surface area contributed by atoms with Gasteiger partial charge in [0.15, 0.2) is 0 Å². The molecule has 1 aliphatic rings. The fraction of sp³-hybridized carbons (Fsp3) is 0.174. The van der Waals surface area contributed by atoms with Crippen LogP contribution in [-0.2, 0) is 4.79 Å². The first kappa shape index (κ1) is 19.4. The average Bonchev–Trinajstić information content (AvgIpc) is 3.10. The van der Waals surface area contributed by atoms with Gasteiger partial charge in [0.2, 0.25) is 5.91 Å². The molecule has 31 heavy (non-hydrogen) atoms. The minimum atomic E-state index is -0.0789. The summed E-state index contributed by atoms with van der Waals surface area (Å²) in [6, 6.07) is 15.6. The molecule has 0 spiro atoms. The molecule has 1 N–H and O–H groups in total. The zero-order valence-electron chi connectivity index (χ0n) is 17.0. The van der Waals surface area contributed by atoms with Gasteiger partial charge >= 0.3 is 0 Å². The highest BCUT2D eigenvalue weighted by Gasteiger charge is 2.33. The zero-order chi connectivity index (χ0) is 21.5. The van der Waals surface area contributed by atoms with E-state index in [1.807, 2.05) is 38.1 Å². The number of nitrogens with zero attached hydrogens (tertiary/aromatic N) is 5. The Labute approximate surface area is 184 Å². The van der Waals surface area contributed by atoms with Crippen LogP contribution in [0.25, 0.3) is 17.2 Å². The smallest absolute Gasteiger partial charge is 0.272 e. The first-order valence-electron chi connectivity index (χ1n) is 9.91. The quantitative estimate of drug-likeness (QED) is 0.518. The van der Waals surface area contributed by atoms with Crippen molar-refractivity contribution in [3.63, 3.8) is 0 Å². The maximum Gasteiger partial charge on any atom is 0.272 e. The van der Waals surface area contributed by atoms with Crippen LogP contribution in [0.4, 0.5) is 5.82 Å². The van der Waals surface area contributed by atoms with Crippen LogP contribution >= 0.6 is 11.6 Å². The molecule has 0 saturated carbocycles. The number of benzene rings is 2. The summed E-state index contributed by atoms with van der Waals surface area (Å²) in [5.74, 6) is 0.740. The van der Waals surface area contributed by atoms with Crippen LogP contribution in [0, 0.1) is 13.8 Å². The predicted molar refractivity (Wildman–Crippen MR) is 118 cm³/mol. The van der Waals surface area contributed by atoms with Crippen LogP contribution < -0.4 is 5.32 Å². The molecule has 3 heterocycles. The molecule has 1 atom stereocenters. The third kappa shape index (κ3) is 3.57. The number of fused-ring (bicyclic) bond motifs is 1. The SMILES string of the molecule is Cc1cccc([C@@H]2CC(=O)Nc3c2c(C)nn3-c2nncc(-c3ccc(Cl)cc3)n2)c1. The fourth-order valence-electron chi connectivity index (χ4n) is 4.01. The van der Waals surface area contributed by atoms with E-state index in [-0.39, 0.29) is 11.8 Å². The zero-order valence-corrected chi connectivity index (χ0v) is 17.8. The second-order valence-corrected chi connectivity index (χ2v) is 8.06. The number of aryl methyl sites for hydroxylation is 2. The van der Waals surface area contributed by atoms with Crippen LogP contribution in [0.3, 0.4) is 0 Å². The van der Waals surface area contributed by atoms with Crippen molar-refractivity contribution in [2.24, 2.45) is 0 Å². The molecule has 0 fully saturated rings. The number of amides is 1. The van der Waals surface area contributed by atoms with Gasteiger partial charge in [-0.05, 0) is 31.5 Å². The minimum Gasteiger partial charge on any atom is -0.310 e. The lowest BCUT2D eigenvalue weighted by atomic mass is 9.85. The minimum absolute atomic E-state index is 0.0676. The van der Waals surface area contributed by atoms with Crippen LogP contribution in [0.1, 0.15) is 34.7 Å². The summed E-state index contributed by atoms with van der Waals surface area (Å²) in [4.78, 5) is 17.2. The lowest BCUT2D eigenvalue weighted by molar-refractivity contribution is -0.116. The molecule has 8 heteroatoms. The Morgan fingerprint density at radius 3 is 2.71 bits per heavy atom. The van der Waals surface area contributed by atoms with Gasteiger partial charge in [0.05, 0.1) is 17.6 Å². The molecule has 0 unspecified atom stereocenters. The maximum absolute atomic E-state index is 12.6. The van der Waals surface area contributed by atoms with Gasteiger partial charge < -0.3 is 5.32 Å². The monoisotopic (exact) mass is 430 g/mol. The summed E-state index contributed by atoms with van der Waals surface area (Å²) in [7, 11) is 0. The molecule has 0 bridgehead atoms. The summed E-state index contributed by atoms with van der Waals surface area (Å²) < 4.78 is 1.57. The standard InChI is InChI=1S/C23H19ClN6O/c1-13-4-3-5-16(10-13)18-11-20(31)27-22-21(18)14(2)29-30(22)23-26-19(12-25-28-23)15-6-8-17(24)9-7-15/h3-10,12,18H,11H2,1-2H3,(H,27,31)/t18-/m0/s1. The molecule has 0 saturated heterocycles. The van der Waals surface area contributed by atoms with Gasteiger partial charge in [0, 0.05) is 28.5 Å². The largest absolute Gasteiger partial charge is 0.310 e. The first-order chi connectivity index (χ1) is 15.0. The fourth-order valence-corrected chi connectivity index (χ4v) is 4.13. The molecule has 1 aliphatic heterocycles. The van der Waals surface area contributed by atoms with Crippen LogP contribution in [-0.4, -0.2) is 30.9 Å². The number of carbonyl (C=O) groups is 1. The van der Waals surface area contributed by atoms with E-state index >= 15 is 0 Å². The van der Waals surface area contributed by atoms with Crippen LogP contribution in [0.15, 0.2) is 54.7 Å². The Morgan fingerprint density at radius 1 is 1.13 bits per heavy atom. The number of nitrogens with one attached hydrogen (secondary N) is 1. The van der Waals surface area contributed by atoms with E-state index in [1.165, 1.54) is 0 Å². The number of anilines is 1. The predicted octanol–water partition coefficient (Wildman–Crippen LogP) is 4.47. The van der Waals surface area contributed by atoms with Crippen molar-refractivity contribution >= 4 is 23.3 Å². The third-order valence-electron chi connectivity index (χ3n) is 5.42. The molecule has 5 rings (SSSR count). The third-order valence-corrected chi connectivity index (χ3v) is 5.68. The first-order valence-corrected chi connectivity index (χ1v) is 10.3. The Bertz CT molecular complexity index is 1300. The van der Waals surface area contributed by atoms with Crippen LogP contribution in [0.2, 0.25) is 5.02 Å². The molecule has 0 radical (unpaired) electrons. The van der Waals surface area contributed by atoms with Gasteiger partial charge in [-0.3, -0.25) is 4.79 Å².